The number of aromatic nitrogens is 4. The zero-order valence-corrected chi connectivity index (χ0v) is 13.3. The van der Waals surface area contributed by atoms with Gasteiger partial charge in [-0.3, -0.25) is 4.98 Å². The molecule has 0 aliphatic rings. The van der Waals surface area contributed by atoms with Crippen LogP contribution in [0.5, 0.6) is 0 Å². The predicted octanol–water partition coefficient (Wildman–Crippen LogP) is 3.94. The molecule has 24 heavy (non-hydrogen) atoms. The summed E-state index contributed by atoms with van der Waals surface area (Å²) in [5, 5.41) is 4.41. The van der Waals surface area contributed by atoms with Gasteiger partial charge < -0.3 is 10.3 Å². The first-order valence-electron chi connectivity index (χ1n) is 7.85. The van der Waals surface area contributed by atoms with E-state index in [-0.39, 0.29) is 0 Å². The Labute approximate surface area is 139 Å². The molecule has 0 saturated heterocycles. The van der Waals surface area contributed by atoms with Gasteiger partial charge in [-0.05, 0) is 24.6 Å². The molecule has 0 radical (unpaired) electrons. The van der Waals surface area contributed by atoms with Crippen molar-refractivity contribution in [3.05, 3.63) is 72.2 Å². The zero-order chi connectivity index (χ0) is 16.4. The number of aromatic amines is 1. The Balaban J connectivity index is 1.75. The molecule has 3 heterocycles. The number of nitrogens with one attached hydrogen (secondary N) is 2. The van der Waals surface area contributed by atoms with Gasteiger partial charge in [-0.15, -0.1) is 0 Å². The van der Waals surface area contributed by atoms with Crippen molar-refractivity contribution >= 4 is 16.9 Å². The van der Waals surface area contributed by atoms with Crippen LogP contribution in [-0.4, -0.2) is 19.9 Å². The zero-order valence-electron chi connectivity index (χ0n) is 13.3. The molecule has 3 aromatic heterocycles. The summed E-state index contributed by atoms with van der Waals surface area (Å²) < 4.78 is 0. The Morgan fingerprint density at radius 2 is 1.92 bits per heavy atom. The summed E-state index contributed by atoms with van der Waals surface area (Å²) in [6.45, 7) is 2.69. The summed E-state index contributed by atoms with van der Waals surface area (Å²) in [5.41, 5.74) is 4.01. The fourth-order valence-electron chi connectivity index (χ4n) is 2.68. The van der Waals surface area contributed by atoms with Gasteiger partial charge in [-0.25, -0.2) is 9.97 Å². The first kappa shape index (κ1) is 14.4. The van der Waals surface area contributed by atoms with Crippen molar-refractivity contribution in [3.63, 3.8) is 0 Å². The highest BCUT2D eigenvalue weighted by molar-refractivity contribution is 5.89. The number of hydrogen-bond acceptors (Lipinski definition) is 4. The van der Waals surface area contributed by atoms with Gasteiger partial charge >= 0.3 is 0 Å². The molecule has 0 aliphatic heterocycles. The van der Waals surface area contributed by atoms with Gasteiger partial charge in [-0.2, -0.15) is 0 Å². The van der Waals surface area contributed by atoms with Gasteiger partial charge in [0.15, 0.2) is 5.82 Å². The van der Waals surface area contributed by atoms with E-state index >= 15 is 0 Å². The number of anilines is 1. The molecule has 1 aromatic carbocycles. The Morgan fingerprint density at radius 1 is 1.04 bits per heavy atom. The lowest BCUT2D eigenvalue weighted by Gasteiger charge is -2.09. The molecule has 0 spiro atoms. The second-order valence-electron chi connectivity index (χ2n) is 5.69. The molecule has 5 heteroatoms. The van der Waals surface area contributed by atoms with Crippen LogP contribution in [0.25, 0.3) is 22.4 Å². The molecule has 0 unspecified atom stereocenters. The first-order valence-corrected chi connectivity index (χ1v) is 7.85. The number of rotatable bonds is 4. The van der Waals surface area contributed by atoms with Crippen LogP contribution < -0.4 is 5.32 Å². The Morgan fingerprint density at radius 3 is 2.71 bits per heavy atom. The first-order chi connectivity index (χ1) is 11.8. The molecule has 0 atom stereocenters. The van der Waals surface area contributed by atoms with E-state index in [2.05, 4.69) is 26.3 Å². The number of benzene rings is 1. The molecule has 118 valence electrons. The molecule has 2 N–H and O–H groups in total. The molecule has 0 saturated carbocycles. The number of fused-ring (bicyclic) bond motifs is 1. The van der Waals surface area contributed by atoms with Crippen LogP contribution in [0, 0.1) is 6.92 Å². The minimum Gasteiger partial charge on any atom is -0.365 e. The van der Waals surface area contributed by atoms with E-state index in [0.29, 0.717) is 12.4 Å². The second kappa shape index (κ2) is 6.12. The van der Waals surface area contributed by atoms with E-state index in [0.717, 1.165) is 33.7 Å². The molecular weight excluding hydrogens is 298 g/mol. The fourth-order valence-corrected chi connectivity index (χ4v) is 2.68. The van der Waals surface area contributed by atoms with Gasteiger partial charge in [0.05, 0.1) is 5.39 Å². The molecule has 0 bridgehead atoms. The van der Waals surface area contributed by atoms with Crippen LogP contribution >= 0.6 is 0 Å². The van der Waals surface area contributed by atoms with Gasteiger partial charge in [0, 0.05) is 30.2 Å². The van der Waals surface area contributed by atoms with E-state index in [1.165, 1.54) is 0 Å². The summed E-state index contributed by atoms with van der Waals surface area (Å²) in [7, 11) is 0. The van der Waals surface area contributed by atoms with Crippen molar-refractivity contribution in [3.8, 4) is 11.4 Å². The van der Waals surface area contributed by atoms with Crippen LogP contribution in [0.1, 0.15) is 11.3 Å². The number of nitrogens with zero attached hydrogens (tertiary/aromatic N) is 3. The Bertz CT molecular complexity index is 961. The highest BCUT2D eigenvalue weighted by Gasteiger charge is 2.11. The topological polar surface area (TPSA) is 66.5 Å². The van der Waals surface area contributed by atoms with Crippen molar-refractivity contribution in [2.24, 2.45) is 0 Å². The largest absolute Gasteiger partial charge is 0.365 e. The van der Waals surface area contributed by atoms with E-state index in [9.17, 15) is 0 Å². The maximum atomic E-state index is 4.74. The maximum absolute atomic E-state index is 4.74. The molecule has 5 nitrogen and oxygen atoms in total. The minimum atomic E-state index is 0.665. The van der Waals surface area contributed by atoms with Gasteiger partial charge in [0.1, 0.15) is 11.5 Å². The van der Waals surface area contributed by atoms with E-state index < -0.39 is 0 Å². The second-order valence-corrected chi connectivity index (χ2v) is 5.69. The summed E-state index contributed by atoms with van der Waals surface area (Å²) in [4.78, 5) is 16.9. The average molecular weight is 315 g/mol. The third-order valence-electron chi connectivity index (χ3n) is 3.84. The monoisotopic (exact) mass is 315 g/mol. The summed E-state index contributed by atoms with van der Waals surface area (Å²) in [6.07, 6.45) is 3.63. The predicted molar refractivity (Wildman–Crippen MR) is 95.6 cm³/mol. The van der Waals surface area contributed by atoms with Crippen molar-refractivity contribution in [1.82, 2.24) is 19.9 Å². The highest BCUT2D eigenvalue weighted by Crippen LogP contribution is 2.25. The summed E-state index contributed by atoms with van der Waals surface area (Å²) >= 11 is 0. The van der Waals surface area contributed by atoms with Crippen LogP contribution in [0.4, 0.5) is 5.82 Å². The van der Waals surface area contributed by atoms with E-state index in [4.69, 9.17) is 4.98 Å². The number of aryl methyl sites for hydroxylation is 1. The quantitative estimate of drug-likeness (QED) is 0.598. The van der Waals surface area contributed by atoms with Gasteiger partial charge in [0.2, 0.25) is 0 Å². The number of hydrogen-bond donors (Lipinski definition) is 2. The molecule has 4 aromatic rings. The van der Waals surface area contributed by atoms with Crippen LogP contribution in [0.3, 0.4) is 0 Å². The Hall–Kier alpha value is -3.21. The number of pyridine rings is 1. The van der Waals surface area contributed by atoms with Gasteiger partial charge in [-0.1, -0.05) is 36.4 Å². The van der Waals surface area contributed by atoms with E-state index in [1.54, 1.807) is 6.20 Å². The standard InChI is InChI=1S/C19H17N5/c1-13-10-16-18(21-12-14-6-5-9-20-11-14)23-17(24-19(16)22-13)15-7-3-2-4-8-15/h2-11H,12H2,1H3,(H2,21,22,23,24). The molecule has 0 fully saturated rings. The molecule has 4 rings (SSSR count). The third-order valence-corrected chi connectivity index (χ3v) is 3.84. The summed E-state index contributed by atoms with van der Waals surface area (Å²) in [5.74, 6) is 1.53. The SMILES string of the molecule is Cc1cc2c(NCc3cccnc3)nc(-c3ccccc3)nc2[nH]1. The fraction of sp³-hybridized carbons (Fsp3) is 0.105. The minimum absolute atomic E-state index is 0.665. The lowest BCUT2D eigenvalue weighted by atomic mass is 10.2. The van der Waals surface area contributed by atoms with Crippen molar-refractivity contribution in [1.29, 1.82) is 0 Å². The smallest absolute Gasteiger partial charge is 0.163 e. The van der Waals surface area contributed by atoms with Crippen molar-refractivity contribution < 1.29 is 0 Å². The lowest BCUT2D eigenvalue weighted by Crippen LogP contribution is -2.04. The third kappa shape index (κ3) is 2.84. The molecular formula is C19H17N5. The molecule has 0 amide bonds. The Kier molecular flexibility index (Phi) is 3.67. The van der Waals surface area contributed by atoms with Crippen LogP contribution in [0.15, 0.2) is 60.9 Å². The summed E-state index contributed by atoms with van der Waals surface area (Å²) in [6, 6.07) is 16.0. The van der Waals surface area contributed by atoms with Crippen molar-refractivity contribution in [2.75, 3.05) is 5.32 Å². The normalized spacial score (nSPS) is 10.9. The molecule has 0 aliphatic carbocycles. The highest BCUT2D eigenvalue weighted by atomic mass is 15.1. The number of H-pyrrole nitrogens is 1. The average Bonchev–Trinajstić information content (AvgIpc) is 3.01. The van der Waals surface area contributed by atoms with E-state index in [1.807, 2.05) is 55.6 Å². The van der Waals surface area contributed by atoms with Crippen molar-refractivity contribution in [2.45, 2.75) is 13.5 Å². The van der Waals surface area contributed by atoms with Crippen LogP contribution in [-0.2, 0) is 6.54 Å². The lowest BCUT2D eigenvalue weighted by molar-refractivity contribution is 1.08. The van der Waals surface area contributed by atoms with Gasteiger partial charge in [0.25, 0.3) is 0 Å². The maximum Gasteiger partial charge on any atom is 0.163 e. The van der Waals surface area contributed by atoms with Crippen LogP contribution in [0.2, 0.25) is 0 Å².